The fourth-order valence-electron chi connectivity index (χ4n) is 3.52. The van der Waals surface area contributed by atoms with E-state index in [0.29, 0.717) is 34.4 Å². The SMILES string of the molecule is Cc1ccc(C)c(S(=O)(=O)Nc2ccc(C(=O)NC(c3nc(C4CC4)no3)C(C)C)cc2)c1. The molecule has 9 heteroatoms. The van der Waals surface area contributed by atoms with Crippen molar-refractivity contribution in [2.45, 2.75) is 57.4 Å². The lowest BCUT2D eigenvalue weighted by Crippen LogP contribution is -2.32. The minimum atomic E-state index is -3.74. The van der Waals surface area contributed by atoms with Gasteiger partial charge in [0.1, 0.15) is 6.04 Å². The molecule has 3 aromatic rings. The highest BCUT2D eigenvalue weighted by Crippen LogP contribution is 2.38. The molecule has 1 aromatic heterocycles. The summed E-state index contributed by atoms with van der Waals surface area (Å²) < 4.78 is 33.6. The molecule has 1 atom stereocenters. The Hall–Kier alpha value is -3.20. The van der Waals surface area contributed by atoms with Gasteiger partial charge < -0.3 is 9.84 Å². The third-order valence-electron chi connectivity index (χ3n) is 5.65. The topological polar surface area (TPSA) is 114 Å². The largest absolute Gasteiger partial charge is 0.340 e. The molecule has 1 heterocycles. The summed E-state index contributed by atoms with van der Waals surface area (Å²) in [5.74, 6) is 1.21. The van der Waals surface area contributed by atoms with Crippen molar-refractivity contribution in [2.75, 3.05) is 4.72 Å². The monoisotopic (exact) mass is 468 g/mol. The number of aromatic nitrogens is 2. The molecule has 1 aliphatic carbocycles. The summed E-state index contributed by atoms with van der Waals surface area (Å²) in [6.45, 7) is 7.54. The number of amides is 1. The highest BCUT2D eigenvalue weighted by Gasteiger charge is 2.31. The van der Waals surface area contributed by atoms with Gasteiger partial charge in [-0.2, -0.15) is 4.98 Å². The predicted octanol–water partition coefficient (Wildman–Crippen LogP) is 4.49. The number of nitrogens with zero attached hydrogens (tertiary/aromatic N) is 2. The van der Waals surface area contributed by atoms with Crippen LogP contribution in [0.15, 0.2) is 51.9 Å². The zero-order valence-corrected chi connectivity index (χ0v) is 19.9. The molecular formula is C24H28N4O4S. The van der Waals surface area contributed by atoms with Crippen molar-refractivity contribution in [3.05, 3.63) is 70.9 Å². The van der Waals surface area contributed by atoms with Crippen molar-refractivity contribution in [1.29, 1.82) is 0 Å². The Labute approximate surface area is 193 Å². The van der Waals surface area contributed by atoms with Gasteiger partial charge in [0.25, 0.3) is 15.9 Å². The second-order valence-corrected chi connectivity index (χ2v) is 10.6. The van der Waals surface area contributed by atoms with Crippen LogP contribution < -0.4 is 10.0 Å². The highest BCUT2D eigenvalue weighted by atomic mass is 32.2. The van der Waals surface area contributed by atoms with Gasteiger partial charge in [-0.1, -0.05) is 31.1 Å². The van der Waals surface area contributed by atoms with Crippen LogP contribution in [0.2, 0.25) is 0 Å². The molecule has 1 amide bonds. The summed E-state index contributed by atoms with van der Waals surface area (Å²) in [5, 5.41) is 7.00. The predicted molar refractivity (Wildman–Crippen MR) is 124 cm³/mol. The number of hydrogen-bond acceptors (Lipinski definition) is 6. The van der Waals surface area contributed by atoms with Crippen LogP contribution in [0.5, 0.6) is 0 Å². The van der Waals surface area contributed by atoms with Crippen LogP contribution in [-0.2, 0) is 10.0 Å². The number of carbonyl (C=O) groups is 1. The van der Waals surface area contributed by atoms with Crippen LogP contribution in [0.3, 0.4) is 0 Å². The molecule has 1 fully saturated rings. The fraction of sp³-hybridized carbons (Fsp3) is 0.375. The van der Waals surface area contributed by atoms with E-state index < -0.39 is 16.1 Å². The number of rotatable bonds is 8. The molecule has 2 N–H and O–H groups in total. The lowest BCUT2D eigenvalue weighted by molar-refractivity contribution is 0.0914. The van der Waals surface area contributed by atoms with Crippen LogP contribution in [0.4, 0.5) is 5.69 Å². The Bertz CT molecular complexity index is 1260. The Balaban J connectivity index is 1.46. The van der Waals surface area contributed by atoms with E-state index in [0.717, 1.165) is 18.4 Å². The minimum Gasteiger partial charge on any atom is -0.340 e. The van der Waals surface area contributed by atoms with Gasteiger partial charge >= 0.3 is 0 Å². The van der Waals surface area contributed by atoms with E-state index in [1.54, 1.807) is 43.3 Å². The first-order chi connectivity index (χ1) is 15.6. The van der Waals surface area contributed by atoms with E-state index in [9.17, 15) is 13.2 Å². The molecule has 1 aliphatic rings. The van der Waals surface area contributed by atoms with Crippen molar-refractivity contribution in [1.82, 2.24) is 15.5 Å². The molecule has 174 valence electrons. The molecule has 2 aromatic carbocycles. The van der Waals surface area contributed by atoms with Gasteiger partial charge in [-0.05, 0) is 74.1 Å². The standard InChI is InChI=1S/C24H28N4O4S/c1-14(2)21(24-26-22(27-32-24)17-7-8-17)25-23(29)18-9-11-19(12-10-18)28-33(30,31)20-13-15(3)5-6-16(20)4/h5-6,9-14,17,21,28H,7-8H2,1-4H3,(H,25,29). The summed E-state index contributed by atoms with van der Waals surface area (Å²) >= 11 is 0. The maximum Gasteiger partial charge on any atom is 0.262 e. The molecule has 1 unspecified atom stereocenters. The Morgan fingerprint density at radius 3 is 2.42 bits per heavy atom. The van der Waals surface area contributed by atoms with Gasteiger partial charge in [0.05, 0.1) is 4.90 Å². The number of sulfonamides is 1. The van der Waals surface area contributed by atoms with Crippen LogP contribution in [0.25, 0.3) is 0 Å². The Morgan fingerprint density at radius 2 is 1.79 bits per heavy atom. The second-order valence-electron chi connectivity index (χ2n) is 8.91. The summed E-state index contributed by atoms with van der Waals surface area (Å²) in [4.78, 5) is 17.5. The quantitative estimate of drug-likeness (QED) is 0.503. The molecule has 0 spiro atoms. The maximum atomic E-state index is 12.8. The molecule has 8 nitrogen and oxygen atoms in total. The first kappa shape index (κ1) is 23.0. The average Bonchev–Trinajstić information content (AvgIpc) is 3.50. The lowest BCUT2D eigenvalue weighted by Gasteiger charge is -2.18. The highest BCUT2D eigenvalue weighted by molar-refractivity contribution is 7.92. The van der Waals surface area contributed by atoms with E-state index >= 15 is 0 Å². The van der Waals surface area contributed by atoms with Crippen LogP contribution in [0, 0.1) is 19.8 Å². The zero-order chi connectivity index (χ0) is 23.8. The molecule has 0 aliphatic heterocycles. The van der Waals surface area contributed by atoms with E-state index in [-0.39, 0.29) is 16.7 Å². The molecule has 0 radical (unpaired) electrons. The zero-order valence-electron chi connectivity index (χ0n) is 19.1. The first-order valence-corrected chi connectivity index (χ1v) is 12.5. The summed E-state index contributed by atoms with van der Waals surface area (Å²) in [6, 6.07) is 11.2. The van der Waals surface area contributed by atoms with Crippen LogP contribution >= 0.6 is 0 Å². The summed E-state index contributed by atoms with van der Waals surface area (Å²) in [6.07, 6.45) is 2.13. The van der Waals surface area contributed by atoms with Crippen molar-refractivity contribution >= 4 is 21.6 Å². The molecule has 0 bridgehead atoms. The molecule has 33 heavy (non-hydrogen) atoms. The third-order valence-corrected chi connectivity index (χ3v) is 7.18. The number of nitrogens with one attached hydrogen (secondary N) is 2. The number of anilines is 1. The van der Waals surface area contributed by atoms with Gasteiger partial charge in [0, 0.05) is 17.2 Å². The van der Waals surface area contributed by atoms with E-state index in [1.807, 2.05) is 26.8 Å². The van der Waals surface area contributed by atoms with E-state index in [1.165, 1.54) is 0 Å². The van der Waals surface area contributed by atoms with Crippen molar-refractivity contribution in [2.24, 2.45) is 5.92 Å². The smallest absolute Gasteiger partial charge is 0.262 e. The lowest BCUT2D eigenvalue weighted by atomic mass is 10.0. The first-order valence-electron chi connectivity index (χ1n) is 11.0. The third kappa shape index (κ3) is 5.24. The average molecular weight is 469 g/mol. The summed E-state index contributed by atoms with van der Waals surface area (Å²) in [7, 11) is -3.74. The van der Waals surface area contributed by atoms with Gasteiger partial charge in [0.2, 0.25) is 5.89 Å². The maximum absolute atomic E-state index is 12.8. The number of aryl methyl sites for hydroxylation is 2. The van der Waals surface area contributed by atoms with Gasteiger partial charge in [-0.25, -0.2) is 8.42 Å². The van der Waals surface area contributed by atoms with Gasteiger partial charge in [0.15, 0.2) is 5.82 Å². The minimum absolute atomic E-state index is 0.0464. The molecular weight excluding hydrogens is 440 g/mol. The number of benzene rings is 2. The van der Waals surface area contributed by atoms with Crippen LogP contribution in [-0.4, -0.2) is 24.5 Å². The Morgan fingerprint density at radius 1 is 1.09 bits per heavy atom. The molecule has 4 rings (SSSR count). The van der Waals surface area contributed by atoms with Crippen molar-refractivity contribution < 1.29 is 17.7 Å². The molecule has 0 saturated heterocycles. The fourth-order valence-corrected chi connectivity index (χ4v) is 4.90. The number of carbonyl (C=O) groups excluding carboxylic acids is 1. The number of hydrogen-bond donors (Lipinski definition) is 2. The summed E-state index contributed by atoms with van der Waals surface area (Å²) in [5.41, 5.74) is 2.30. The van der Waals surface area contributed by atoms with E-state index in [2.05, 4.69) is 20.2 Å². The van der Waals surface area contributed by atoms with Crippen molar-refractivity contribution in [3.63, 3.8) is 0 Å². The molecule has 1 saturated carbocycles. The normalized spacial score (nSPS) is 14.8. The van der Waals surface area contributed by atoms with Gasteiger partial charge in [-0.15, -0.1) is 0 Å². The van der Waals surface area contributed by atoms with Gasteiger partial charge in [-0.3, -0.25) is 9.52 Å². The van der Waals surface area contributed by atoms with Crippen molar-refractivity contribution in [3.8, 4) is 0 Å². The Kier molecular flexibility index (Phi) is 6.25. The van der Waals surface area contributed by atoms with Crippen LogP contribution in [0.1, 0.15) is 71.8 Å². The van der Waals surface area contributed by atoms with E-state index in [4.69, 9.17) is 4.52 Å². The second kappa shape index (κ2) is 8.97.